The van der Waals surface area contributed by atoms with Gasteiger partial charge in [0.25, 0.3) is 5.78 Å². The molecule has 0 saturated carbocycles. The van der Waals surface area contributed by atoms with Crippen molar-refractivity contribution < 1.29 is 34.0 Å². The number of nitrogens with zero attached hydrogens (tertiary/aromatic N) is 2. The molecule has 2 heterocycles. The lowest BCUT2D eigenvalue weighted by atomic mass is 9.95. The van der Waals surface area contributed by atoms with Crippen LogP contribution in [0, 0.1) is 0 Å². The van der Waals surface area contributed by atoms with E-state index in [1.807, 2.05) is 0 Å². The van der Waals surface area contributed by atoms with Gasteiger partial charge in [0.1, 0.15) is 28.8 Å². The number of ether oxygens (including phenoxy) is 3. The molecule has 4 aromatic rings. The Morgan fingerprint density at radius 2 is 1.59 bits per heavy atom. The number of methoxy groups -OCH3 is 3. The van der Waals surface area contributed by atoms with Gasteiger partial charge >= 0.3 is 5.91 Å². The Morgan fingerprint density at radius 1 is 0.919 bits per heavy atom. The molecule has 37 heavy (non-hydrogen) atoms. The van der Waals surface area contributed by atoms with E-state index in [4.69, 9.17) is 14.2 Å². The van der Waals surface area contributed by atoms with E-state index in [0.717, 1.165) is 4.70 Å². The number of Topliss-reactive ketones (excluding diaryl/α,β-unsaturated/α-hetero) is 1. The number of carbonyl (C=O) groups is 2. The predicted octanol–water partition coefficient (Wildman–Crippen LogP) is 4.65. The number of aliphatic hydroxyl groups is 1. The summed E-state index contributed by atoms with van der Waals surface area (Å²) >= 11 is 1.22. The number of aromatic nitrogens is 1. The fraction of sp³-hybridized carbons (Fsp3) is 0.148. The lowest BCUT2D eigenvalue weighted by Crippen LogP contribution is -2.29. The number of thiazole rings is 1. The number of fused-ring (bicyclic) bond motifs is 1. The molecule has 9 nitrogen and oxygen atoms in total. The first-order valence-electron chi connectivity index (χ1n) is 11.1. The van der Waals surface area contributed by atoms with Gasteiger partial charge in [-0.1, -0.05) is 23.5 Å². The molecule has 1 amide bonds. The van der Waals surface area contributed by atoms with Gasteiger partial charge in [0, 0.05) is 0 Å². The standard InChI is InChI=1S/C27H22N2O7S/c1-34-16-9-11-20(36-3)18(12-16)24(31)22-23(14-4-6-15(30)7-5-14)29(26(33)25(22)32)27-28-19-10-8-17(35-2)13-21(19)37-27/h4-13,23,30-31H,1-3H3/b24-22+. The van der Waals surface area contributed by atoms with Crippen molar-refractivity contribution >= 4 is 44.1 Å². The minimum atomic E-state index is -1.01. The van der Waals surface area contributed by atoms with Crippen molar-refractivity contribution in [2.75, 3.05) is 26.2 Å². The molecule has 1 fully saturated rings. The Labute approximate surface area is 215 Å². The molecule has 1 unspecified atom stereocenters. The van der Waals surface area contributed by atoms with Crippen LogP contribution in [0.15, 0.2) is 66.2 Å². The molecule has 3 aromatic carbocycles. The molecule has 0 radical (unpaired) electrons. The highest BCUT2D eigenvalue weighted by Crippen LogP contribution is 2.46. The summed E-state index contributed by atoms with van der Waals surface area (Å²) < 4.78 is 16.7. The number of phenols is 1. The van der Waals surface area contributed by atoms with Gasteiger partial charge in [0.15, 0.2) is 5.13 Å². The summed E-state index contributed by atoms with van der Waals surface area (Å²) in [6.07, 6.45) is 0. The van der Waals surface area contributed by atoms with Crippen LogP contribution in [0.5, 0.6) is 23.0 Å². The zero-order valence-electron chi connectivity index (χ0n) is 20.1. The van der Waals surface area contributed by atoms with E-state index in [1.54, 1.807) is 49.6 Å². The van der Waals surface area contributed by atoms with Crippen molar-refractivity contribution in [1.29, 1.82) is 0 Å². The maximum absolute atomic E-state index is 13.5. The number of amides is 1. The van der Waals surface area contributed by atoms with Crippen LogP contribution in [-0.2, 0) is 9.59 Å². The second-order valence-corrected chi connectivity index (χ2v) is 9.17. The van der Waals surface area contributed by atoms with Crippen molar-refractivity contribution in [1.82, 2.24) is 4.98 Å². The van der Waals surface area contributed by atoms with Crippen molar-refractivity contribution in [2.45, 2.75) is 6.04 Å². The first kappa shape index (κ1) is 24.1. The molecule has 1 saturated heterocycles. The first-order chi connectivity index (χ1) is 17.9. The largest absolute Gasteiger partial charge is 0.508 e. The second-order valence-electron chi connectivity index (χ2n) is 8.16. The lowest BCUT2D eigenvalue weighted by Gasteiger charge is -2.23. The van der Waals surface area contributed by atoms with Gasteiger partial charge in [-0.3, -0.25) is 14.5 Å². The third-order valence-electron chi connectivity index (χ3n) is 6.11. The minimum Gasteiger partial charge on any atom is -0.508 e. The number of aliphatic hydroxyl groups excluding tert-OH is 1. The zero-order valence-corrected chi connectivity index (χ0v) is 20.9. The Balaban J connectivity index is 1.74. The summed E-state index contributed by atoms with van der Waals surface area (Å²) in [6.45, 7) is 0. The number of rotatable bonds is 6. The molecule has 1 aliphatic rings. The van der Waals surface area contributed by atoms with E-state index in [0.29, 0.717) is 28.3 Å². The van der Waals surface area contributed by atoms with Crippen LogP contribution in [0.25, 0.3) is 16.0 Å². The van der Waals surface area contributed by atoms with E-state index in [-0.39, 0.29) is 22.0 Å². The Kier molecular flexibility index (Phi) is 6.18. The van der Waals surface area contributed by atoms with Crippen LogP contribution in [-0.4, -0.2) is 48.2 Å². The number of hydrogen-bond acceptors (Lipinski definition) is 9. The van der Waals surface area contributed by atoms with Crippen LogP contribution in [0.4, 0.5) is 5.13 Å². The molecule has 2 N–H and O–H groups in total. The first-order valence-corrected chi connectivity index (χ1v) is 11.9. The van der Waals surface area contributed by atoms with E-state index >= 15 is 0 Å². The molecule has 0 aliphatic carbocycles. The number of anilines is 1. The highest BCUT2D eigenvalue weighted by Gasteiger charge is 2.48. The van der Waals surface area contributed by atoms with Gasteiger partial charge in [0.05, 0.1) is 48.7 Å². The normalized spacial score (nSPS) is 16.8. The van der Waals surface area contributed by atoms with Crippen LogP contribution in [0.1, 0.15) is 17.2 Å². The van der Waals surface area contributed by atoms with Crippen molar-refractivity contribution in [3.63, 3.8) is 0 Å². The Morgan fingerprint density at radius 3 is 2.27 bits per heavy atom. The van der Waals surface area contributed by atoms with Gasteiger partial charge in [-0.25, -0.2) is 4.98 Å². The van der Waals surface area contributed by atoms with Crippen molar-refractivity contribution in [2.24, 2.45) is 0 Å². The quantitative estimate of drug-likeness (QED) is 0.215. The van der Waals surface area contributed by atoms with E-state index in [2.05, 4.69) is 4.98 Å². The number of ketones is 1. The van der Waals surface area contributed by atoms with Crippen LogP contribution in [0.3, 0.4) is 0 Å². The maximum atomic E-state index is 13.5. The fourth-order valence-corrected chi connectivity index (χ4v) is 5.29. The summed E-state index contributed by atoms with van der Waals surface area (Å²) in [6, 6.07) is 15.2. The average molecular weight is 519 g/mol. The smallest absolute Gasteiger partial charge is 0.301 e. The van der Waals surface area contributed by atoms with Gasteiger partial charge < -0.3 is 24.4 Å². The molecule has 188 valence electrons. The number of hydrogen-bond donors (Lipinski definition) is 2. The summed E-state index contributed by atoms with van der Waals surface area (Å²) in [4.78, 5) is 32.8. The zero-order chi connectivity index (χ0) is 26.3. The summed E-state index contributed by atoms with van der Waals surface area (Å²) in [5.74, 6) is -0.770. The fourth-order valence-electron chi connectivity index (χ4n) is 4.27. The van der Waals surface area contributed by atoms with E-state index in [9.17, 15) is 19.8 Å². The van der Waals surface area contributed by atoms with Crippen LogP contribution >= 0.6 is 11.3 Å². The van der Waals surface area contributed by atoms with E-state index in [1.165, 1.54) is 48.7 Å². The Hall–Kier alpha value is -4.57. The molecule has 1 aliphatic heterocycles. The van der Waals surface area contributed by atoms with Crippen LogP contribution in [0.2, 0.25) is 0 Å². The molecular weight excluding hydrogens is 496 g/mol. The highest BCUT2D eigenvalue weighted by molar-refractivity contribution is 7.22. The molecule has 0 spiro atoms. The van der Waals surface area contributed by atoms with Crippen LogP contribution < -0.4 is 19.1 Å². The predicted molar refractivity (Wildman–Crippen MR) is 139 cm³/mol. The highest BCUT2D eigenvalue weighted by atomic mass is 32.1. The maximum Gasteiger partial charge on any atom is 0.301 e. The number of aromatic hydroxyl groups is 1. The summed E-state index contributed by atoms with van der Waals surface area (Å²) in [5, 5.41) is 21.6. The van der Waals surface area contributed by atoms with Gasteiger partial charge in [-0.15, -0.1) is 0 Å². The molecule has 0 bridgehead atoms. The monoisotopic (exact) mass is 518 g/mol. The van der Waals surface area contributed by atoms with Crippen molar-refractivity contribution in [3.05, 3.63) is 77.4 Å². The molecule has 1 aromatic heterocycles. The summed E-state index contributed by atoms with van der Waals surface area (Å²) in [5.41, 5.74) is 1.18. The van der Waals surface area contributed by atoms with Crippen molar-refractivity contribution in [3.8, 4) is 23.0 Å². The molecule has 1 atom stereocenters. The van der Waals surface area contributed by atoms with Gasteiger partial charge in [-0.05, 0) is 54.1 Å². The SMILES string of the molecule is COc1ccc(OC)c(/C(O)=C2\C(=O)C(=O)N(c3nc4ccc(OC)cc4s3)C2c2ccc(O)cc2)c1. The molecular formula is C27H22N2O7S. The number of phenolic OH excluding ortho intramolecular Hbond substituents is 1. The average Bonchev–Trinajstić information content (AvgIpc) is 3.45. The molecule has 5 rings (SSSR count). The summed E-state index contributed by atoms with van der Waals surface area (Å²) in [7, 11) is 4.46. The third-order valence-corrected chi connectivity index (χ3v) is 7.12. The minimum absolute atomic E-state index is 0.0160. The second kappa shape index (κ2) is 9.47. The number of benzene rings is 3. The van der Waals surface area contributed by atoms with Gasteiger partial charge in [-0.2, -0.15) is 0 Å². The topological polar surface area (TPSA) is 118 Å². The Bertz CT molecular complexity index is 1560. The van der Waals surface area contributed by atoms with E-state index < -0.39 is 23.5 Å². The van der Waals surface area contributed by atoms with Gasteiger partial charge in [0.2, 0.25) is 0 Å². The number of carbonyl (C=O) groups excluding carboxylic acids is 2. The third kappa shape index (κ3) is 4.11. The molecule has 10 heteroatoms. The lowest BCUT2D eigenvalue weighted by molar-refractivity contribution is -0.132.